The Morgan fingerprint density at radius 2 is 1.72 bits per heavy atom. The number of hydrogen-bond acceptors (Lipinski definition) is 6. The van der Waals surface area contributed by atoms with Crippen molar-refractivity contribution in [1.82, 2.24) is 20.6 Å². The Kier molecular flexibility index (Phi) is 5.05. The Balaban J connectivity index is 1.59. The first-order valence-electron chi connectivity index (χ1n) is 7.22. The molecule has 0 unspecified atom stereocenters. The second-order valence-corrected chi connectivity index (χ2v) is 6.03. The van der Waals surface area contributed by atoms with Gasteiger partial charge in [0.1, 0.15) is 0 Å². The van der Waals surface area contributed by atoms with Crippen molar-refractivity contribution in [3.8, 4) is 0 Å². The maximum Gasteiger partial charge on any atom is 0.335 e. The van der Waals surface area contributed by atoms with Crippen molar-refractivity contribution in [2.45, 2.75) is 10.6 Å². The van der Waals surface area contributed by atoms with Gasteiger partial charge in [0.05, 0.1) is 11.3 Å². The summed E-state index contributed by atoms with van der Waals surface area (Å²) in [6.07, 6.45) is 0. The van der Waals surface area contributed by atoms with Crippen LogP contribution >= 0.6 is 11.8 Å². The van der Waals surface area contributed by atoms with Gasteiger partial charge in [-0.05, 0) is 48.5 Å². The molecule has 0 saturated heterocycles. The van der Waals surface area contributed by atoms with Crippen LogP contribution in [0.5, 0.6) is 0 Å². The van der Waals surface area contributed by atoms with Crippen molar-refractivity contribution in [3.05, 3.63) is 65.5 Å². The van der Waals surface area contributed by atoms with Crippen molar-refractivity contribution >= 4 is 29.3 Å². The van der Waals surface area contributed by atoms with E-state index in [0.717, 1.165) is 4.90 Å². The van der Waals surface area contributed by atoms with Gasteiger partial charge in [-0.25, -0.2) is 4.79 Å². The van der Waals surface area contributed by atoms with Crippen LogP contribution in [0.15, 0.2) is 53.4 Å². The van der Waals surface area contributed by atoms with Gasteiger partial charge in [-0.15, -0.1) is 22.0 Å². The van der Waals surface area contributed by atoms with Crippen molar-refractivity contribution in [2.24, 2.45) is 0 Å². The van der Waals surface area contributed by atoms with Crippen LogP contribution in [-0.2, 0) is 5.75 Å². The van der Waals surface area contributed by atoms with Crippen LogP contribution < -0.4 is 5.32 Å². The first kappa shape index (κ1) is 16.7. The number of aromatic carboxylic acids is 1. The second-order valence-electron chi connectivity index (χ2n) is 4.98. The number of carbonyl (C=O) groups excluding carboxylic acids is 1. The van der Waals surface area contributed by atoms with Crippen LogP contribution in [0, 0.1) is 0 Å². The molecule has 3 rings (SSSR count). The van der Waals surface area contributed by atoms with E-state index in [1.165, 1.54) is 23.9 Å². The van der Waals surface area contributed by atoms with E-state index in [4.69, 9.17) is 5.11 Å². The summed E-state index contributed by atoms with van der Waals surface area (Å²) in [7, 11) is 0. The molecular formula is C16H13N5O3S. The Morgan fingerprint density at radius 1 is 1.04 bits per heavy atom. The zero-order valence-electron chi connectivity index (χ0n) is 12.8. The molecule has 0 saturated carbocycles. The van der Waals surface area contributed by atoms with Gasteiger partial charge in [-0.2, -0.15) is 5.21 Å². The molecule has 0 fully saturated rings. The molecular weight excluding hydrogens is 342 g/mol. The van der Waals surface area contributed by atoms with Crippen LogP contribution in [0.4, 0.5) is 5.69 Å². The third-order valence-corrected chi connectivity index (χ3v) is 4.27. The maximum atomic E-state index is 12.2. The van der Waals surface area contributed by atoms with Gasteiger partial charge in [0.25, 0.3) is 5.91 Å². The van der Waals surface area contributed by atoms with Crippen molar-refractivity contribution in [2.75, 3.05) is 5.32 Å². The van der Waals surface area contributed by atoms with E-state index in [-0.39, 0.29) is 11.5 Å². The molecule has 1 aromatic heterocycles. The highest BCUT2D eigenvalue weighted by Crippen LogP contribution is 2.21. The monoisotopic (exact) mass is 355 g/mol. The molecule has 0 atom stereocenters. The number of amides is 1. The van der Waals surface area contributed by atoms with Gasteiger partial charge in [-0.3, -0.25) is 4.79 Å². The normalized spacial score (nSPS) is 10.4. The van der Waals surface area contributed by atoms with Gasteiger partial charge >= 0.3 is 5.97 Å². The lowest BCUT2D eigenvalue weighted by molar-refractivity contribution is 0.0696. The van der Waals surface area contributed by atoms with Gasteiger partial charge in [0.2, 0.25) is 0 Å². The molecule has 9 heteroatoms. The van der Waals surface area contributed by atoms with E-state index < -0.39 is 5.97 Å². The highest BCUT2D eigenvalue weighted by atomic mass is 32.2. The van der Waals surface area contributed by atoms with Gasteiger partial charge < -0.3 is 10.4 Å². The average Bonchev–Trinajstić information content (AvgIpc) is 3.14. The number of aromatic nitrogens is 4. The lowest BCUT2D eigenvalue weighted by Gasteiger charge is -2.06. The minimum atomic E-state index is -1.01. The molecule has 0 aliphatic heterocycles. The van der Waals surface area contributed by atoms with E-state index in [1.807, 2.05) is 12.1 Å². The summed E-state index contributed by atoms with van der Waals surface area (Å²) in [5, 5.41) is 25.2. The summed E-state index contributed by atoms with van der Waals surface area (Å²) in [6, 6.07) is 13.1. The third kappa shape index (κ3) is 4.42. The van der Waals surface area contributed by atoms with Gasteiger partial charge in [0.15, 0.2) is 5.82 Å². The number of aromatic amines is 1. The highest BCUT2D eigenvalue weighted by Gasteiger charge is 2.08. The quantitative estimate of drug-likeness (QED) is 0.581. The first-order chi connectivity index (χ1) is 12.1. The molecule has 25 heavy (non-hydrogen) atoms. The topological polar surface area (TPSA) is 121 Å². The fourth-order valence-electron chi connectivity index (χ4n) is 1.99. The van der Waals surface area contributed by atoms with Gasteiger partial charge in [0, 0.05) is 16.1 Å². The molecule has 0 radical (unpaired) electrons. The van der Waals surface area contributed by atoms with E-state index in [2.05, 4.69) is 25.9 Å². The lowest BCUT2D eigenvalue weighted by Crippen LogP contribution is -2.11. The molecule has 3 N–H and O–H groups in total. The molecule has 0 bridgehead atoms. The molecule has 0 aliphatic carbocycles. The predicted octanol–water partition coefficient (Wildman–Crippen LogP) is 2.44. The van der Waals surface area contributed by atoms with Crippen molar-refractivity contribution in [1.29, 1.82) is 0 Å². The number of tetrazole rings is 1. The summed E-state index contributed by atoms with van der Waals surface area (Å²) in [4.78, 5) is 24.0. The second kappa shape index (κ2) is 7.58. The van der Waals surface area contributed by atoms with E-state index in [9.17, 15) is 9.59 Å². The molecule has 8 nitrogen and oxygen atoms in total. The summed E-state index contributed by atoms with van der Waals surface area (Å²) >= 11 is 1.53. The zero-order valence-corrected chi connectivity index (χ0v) is 13.7. The molecule has 1 heterocycles. The fourth-order valence-corrected chi connectivity index (χ4v) is 2.74. The average molecular weight is 355 g/mol. The van der Waals surface area contributed by atoms with Crippen LogP contribution in [-0.4, -0.2) is 37.6 Å². The summed E-state index contributed by atoms with van der Waals surface area (Å²) in [6.45, 7) is 0. The molecule has 2 aromatic carbocycles. The molecule has 1 amide bonds. The SMILES string of the molecule is O=C(O)c1ccc(NC(=O)c2ccc(SCc3nn[nH]n3)cc2)cc1. The van der Waals surface area contributed by atoms with Crippen molar-refractivity contribution in [3.63, 3.8) is 0 Å². The summed E-state index contributed by atoms with van der Waals surface area (Å²) < 4.78 is 0. The Morgan fingerprint density at radius 3 is 2.32 bits per heavy atom. The van der Waals surface area contributed by atoms with Crippen LogP contribution in [0.3, 0.4) is 0 Å². The van der Waals surface area contributed by atoms with E-state index in [1.54, 1.807) is 24.3 Å². The van der Waals surface area contributed by atoms with Crippen molar-refractivity contribution < 1.29 is 14.7 Å². The number of carboxylic acids is 1. The summed E-state index contributed by atoms with van der Waals surface area (Å²) in [5.74, 6) is -0.0842. The number of anilines is 1. The Hall–Kier alpha value is -3.20. The summed E-state index contributed by atoms with van der Waals surface area (Å²) in [5.41, 5.74) is 1.21. The first-order valence-corrected chi connectivity index (χ1v) is 8.20. The number of H-pyrrole nitrogens is 1. The number of nitrogens with one attached hydrogen (secondary N) is 2. The number of benzene rings is 2. The zero-order chi connectivity index (χ0) is 17.6. The third-order valence-electron chi connectivity index (χ3n) is 3.26. The van der Waals surface area contributed by atoms with Crippen LogP contribution in [0.25, 0.3) is 0 Å². The predicted molar refractivity (Wildman–Crippen MR) is 91.5 cm³/mol. The Bertz CT molecular complexity index is 864. The molecule has 0 spiro atoms. The fraction of sp³-hybridized carbons (Fsp3) is 0.0625. The number of carbonyl (C=O) groups is 2. The standard InChI is InChI=1S/C16H13N5O3S/c22-15(17-12-5-1-11(2-6-12)16(23)24)10-3-7-13(8-4-10)25-9-14-18-20-21-19-14/h1-8H,9H2,(H,17,22)(H,23,24)(H,18,19,20,21). The molecule has 3 aromatic rings. The number of rotatable bonds is 6. The number of carboxylic acid groups (broad SMARTS) is 1. The lowest BCUT2D eigenvalue weighted by atomic mass is 10.2. The Labute approximate surface area is 146 Å². The molecule has 0 aliphatic rings. The maximum absolute atomic E-state index is 12.2. The van der Waals surface area contributed by atoms with Crippen LogP contribution in [0.2, 0.25) is 0 Å². The number of hydrogen-bond donors (Lipinski definition) is 3. The van der Waals surface area contributed by atoms with Crippen LogP contribution in [0.1, 0.15) is 26.5 Å². The number of nitrogens with zero attached hydrogens (tertiary/aromatic N) is 3. The van der Waals surface area contributed by atoms with E-state index in [0.29, 0.717) is 22.8 Å². The van der Waals surface area contributed by atoms with E-state index >= 15 is 0 Å². The van der Waals surface area contributed by atoms with Gasteiger partial charge in [-0.1, -0.05) is 5.21 Å². The molecule has 126 valence electrons. The minimum absolute atomic E-state index is 0.168. The smallest absolute Gasteiger partial charge is 0.335 e. The number of thioether (sulfide) groups is 1. The highest BCUT2D eigenvalue weighted by molar-refractivity contribution is 7.98. The minimum Gasteiger partial charge on any atom is -0.478 e. The largest absolute Gasteiger partial charge is 0.478 e.